The average molecular weight is 426 g/mol. The first-order chi connectivity index (χ1) is 13.5. The number of carbonyl (C=O) groups is 2. The normalized spacial score (nSPS) is 12.5. The molecule has 0 radical (unpaired) electrons. The lowest BCUT2D eigenvalue weighted by Gasteiger charge is -2.14. The summed E-state index contributed by atoms with van der Waals surface area (Å²) < 4.78 is 57.9. The number of amides is 1. The summed E-state index contributed by atoms with van der Waals surface area (Å²) in [7, 11) is -3.67. The molecule has 0 spiro atoms. The first-order valence-corrected chi connectivity index (χ1v) is 10.1. The molecule has 0 aliphatic carbocycles. The molecule has 0 aliphatic rings. The van der Waals surface area contributed by atoms with Gasteiger partial charge in [0.25, 0.3) is 5.91 Å². The molecular formula is C19H20F2N2O5S. The van der Waals surface area contributed by atoms with Crippen molar-refractivity contribution in [1.82, 2.24) is 4.72 Å². The number of ether oxygens (including phenoxy) is 1. The second-order valence-electron chi connectivity index (χ2n) is 6.50. The molecule has 1 atom stereocenters. The lowest BCUT2D eigenvalue weighted by Crippen LogP contribution is -2.30. The molecule has 0 aromatic heterocycles. The minimum Gasteiger partial charge on any atom is -0.449 e. The number of benzene rings is 2. The molecule has 0 aliphatic heterocycles. The minimum atomic E-state index is -3.67. The first-order valence-electron chi connectivity index (χ1n) is 8.58. The Morgan fingerprint density at radius 2 is 1.52 bits per heavy atom. The van der Waals surface area contributed by atoms with E-state index < -0.39 is 39.6 Å². The third-order valence-corrected chi connectivity index (χ3v) is 5.25. The molecule has 2 aromatic rings. The summed E-state index contributed by atoms with van der Waals surface area (Å²) in [5, 5.41) is 2.46. The molecule has 0 fully saturated rings. The highest BCUT2D eigenvalue weighted by Crippen LogP contribution is 2.16. The maximum Gasteiger partial charge on any atom is 0.339 e. The fraction of sp³-hybridized carbons (Fsp3) is 0.263. The van der Waals surface area contributed by atoms with Crippen LogP contribution in [0.1, 0.15) is 31.1 Å². The molecule has 2 aromatic carbocycles. The van der Waals surface area contributed by atoms with E-state index in [-0.39, 0.29) is 22.2 Å². The minimum absolute atomic E-state index is 0.0248. The van der Waals surface area contributed by atoms with E-state index in [2.05, 4.69) is 10.0 Å². The van der Waals surface area contributed by atoms with Crippen LogP contribution in [0.25, 0.3) is 0 Å². The Morgan fingerprint density at radius 3 is 2.03 bits per heavy atom. The van der Waals surface area contributed by atoms with Crippen LogP contribution in [0.2, 0.25) is 0 Å². The summed E-state index contributed by atoms with van der Waals surface area (Å²) >= 11 is 0. The van der Waals surface area contributed by atoms with E-state index in [0.717, 1.165) is 12.1 Å². The Bertz CT molecular complexity index is 988. The zero-order chi connectivity index (χ0) is 21.8. The number of esters is 1. The highest BCUT2D eigenvalue weighted by atomic mass is 32.2. The topological polar surface area (TPSA) is 102 Å². The van der Waals surface area contributed by atoms with Crippen molar-refractivity contribution in [2.75, 3.05) is 5.32 Å². The Hall–Kier alpha value is -2.85. The third-order valence-electron chi connectivity index (χ3n) is 3.57. The molecule has 0 saturated heterocycles. The van der Waals surface area contributed by atoms with Gasteiger partial charge in [-0.15, -0.1) is 0 Å². The fourth-order valence-electron chi connectivity index (χ4n) is 2.29. The molecule has 1 unspecified atom stereocenters. The predicted molar refractivity (Wildman–Crippen MR) is 102 cm³/mol. The Kier molecular flexibility index (Phi) is 7.04. The van der Waals surface area contributed by atoms with Crippen molar-refractivity contribution in [1.29, 1.82) is 0 Å². The highest BCUT2D eigenvalue weighted by Gasteiger charge is 2.21. The molecular weight excluding hydrogens is 406 g/mol. The monoisotopic (exact) mass is 426 g/mol. The van der Waals surface area contributed by atoms with Crippen LogP contribution in [0, 0.1) is 11.6 Å². The van der Waals surface area contributed by atoms with E-state index in [1.54, 1.807) is 13.8 Å². The predicted octanol–water partition coefficient (Wildman–Crippen LogP) is 2.84. The van der Waals surface area contributed by atoms with Crippen molar-refractivity contribution < 1.29 is 31.5 Å². The number of hydrogen-bond acceptors (Lipinski definition) is 5. The SMILES string of the molecule is CC(C)NS(=O)(=O)c1ccc(NC(=O)C(C)OC(=O)c2cc(F)cc(F)c2)cc1. The van der Waals surface area contributed by atoms with E-state index in [1.165, 1.54) is 31.2 Å². The van der Waals surface area contributed by atoms with Gasteiger partial charge < -0.3 is 10.1 Å². The summed E-state index contributed by atoms with van der Waals surface area (Å²) in [5.41, 5.74) is -0.0902. The van der Waals surface area contributed by atoms with Crippen LogP contribution in [0.5, 0.6) is 0 Å². The van der Waals surface area contributed by atoms with Crippen LogP contribution < -0.4 is 10.0 Å². The second kappa shape index (κ2) is 9.10. The Morgan fingerprint density at radius 1 is 0.966 bits per heavy atom. The van der Waals surface area contributed by atoms with Crippen molar-refractivity contribution in [2.24, 2.45) is 0 Å². The molecule has 0 heterocycles. The lowest BCUT2D eigenvalue weighted by atomic mass is 10.2. The smallest absolute Gasteiger partial charge is 0.339 e. The van der Waals surface area contributed by atoms with E-state index in [0.29, 0.717) is 6.07 Å². The fourth-order valence-corrected chi connectivity index (χ4v) is 3.54. The zero-order valence-corrected chi connectivity index (χ0v) is 16.7. The van der Waals surface area contributed by atoms with Crippen molar-refractivity contribution in [3.63, 3.8) is 0 Å². The van der Waals surface area contributed by atoms with Crippen molar-refractivity contribution in [3.05, 3.63) is 59.7 Å². The van der Waals surface area contributed by atoms with Gasteiger partial charge in [-0.05, 0) is 57.2 Å². The van der Waals surface area contributed by atoms with Gasteiger partial charge in [0.05, 0.1) is 10.5 Å². The number of carbonyl (C=O) groups excluding carboxylic acids is 2. The standard InChI is InChI=1S/C19H20F2N2O5S/c1-11(2)23-29(26,27)17-6-4-16(5-7-17)22-18(24)12(3)28-19(25)13-8-14(20)10-15(21)9-13/h4-12,23H,1-3H3,(H,22,24). The van der Waals surface area contributed by atoms with Gasteiger partial charge >= 0.3 is 5.97 Å². The molecule has 2 N–H and O–H groups in total. The van der Waals surface area contributed by atoms with Crippen LogP contribution in [0.3, 0.4) is 0 Å². The quantitative estimate of drug-likeness (QED) is 0.663. The Balaban J connectivity index is 2.01. The molecule has 1 amide bonds. The van der Waals surface area contributed by atoms with E-state index in [4.69, 9.17) is 4.74 Å². The first kappa shape index (κ1) is 22.4. The Labute approximate surface area is 167 Å². The summed E-state index contributed by atoms with van der Waals surface area (Å²) in [6.45, 7) is 4.66. The maximum absolute atomic E-state index is 13.2. The molecule has 0 bridgehead atoms. The molecule has 156 valence electrons. The van der Waals surface area contributed by atoms with Gasteiger partial charge in [0, 0.05) is 17.8 Å². The van der Waals surface area contributed by atoms with Gasteiger partial charge in [-0.3, -0.25) is 4.79 Å². The van der Waals surface area contributed by atoms with E-state index in [1.807, 2.05) is 0 Å². The number of sulfonamides is 1. The van der Waals surface area contributed by atoms with Crippen LogP contribution in [0.15, 0.2) is 47.4 Å². The van der Waals surface area contributed by atoms with E-state index in [9.17, 15) is 26.8 Å². The number of nitrogens with one attached hydrogen (secondary N) is 2. The number of rotatable bonds is 7. The summed E-state index contributed by atoms with van der Waals surface area (Å²) in [6.07, 6.45) is -1.26. The van der Waals surface area contributed by atoms with Gasteiger partial charge in [0.1, 0.15) is 11.6 Å². The van der Waals surface area contributed by atoms with Crippen LogP contribution in [-0.4, -0.2) is 32.4 Å². The molecule has 29 heavy (non-hydrogen) atoms. The van der Waals surface area contributed by atoms with Crippen molar-refractivity contribution in [3.8, 4) is 0 Å². The van der Waals surface area contributed by atoms with Crippen molar-refractivity contribution in [2.45, 2.75) is 37.8 Å². The van der Waals surface area contributed by atoms with Crippen LogP contribution >= 0.6 is 0 Å². The van der Waals surface area contributed by atoms with Crippen molar-refractivity contribution >= 4 is 27.6 Å². The second-order valence-corrected chi connectivity index (χ2v) is 8.21. The van der Waals surface area contributed by atoms with Gasteiger partial charge in [-0.2, -0.15) is 0 Å². The third kappa shape index (κ3) is 6.33. The van der Waals surface area contributed by atoms with Gasteiger partial charge in [-0.25, -0.2) is 26.7 Å². The van der Waals surface area contributed by atoms with Gasteiger partial charge in [-0.1, -0.05) is 0 Å². The molecule has 10 heteroatoms. The lowest BCUT2D eigenvalue weighted by molar-refractivity contribution is -0.123. The zero-order valence-electron chi connectivity index (χ0n) is 15.9. The average Bonchev–Trinajstić information content (AvgIpc) is 2.60. The molecule has 7 nitrogen and oxygen atoms in total. The summed E-state index contributed by atoms with van der Waals surface area (Å²) in [6, 6.07) is 7.29. The highest BCUT2D eigenvalue weighted by molar-refractivity contribution is 7.89. The summed E-state index contributed by atoms with van der Waals surface area (Å²) in [5.74, 6) is -3.66. The van der Waals surface area contributed by atoms with Crippen LogP contribution in [0.4, 0.5) is 14.5 Å². The van der Waals surface area contributed by atoms with Gasteiger partial charge in [0.2, 0.25) is 10.0 Å². The van der Waals surface area contributed by atoms with Crippen LogP contribution in [-0.2, 0) is 19.6 Å². The number of halogens is 2. The van der Waals surface area contributed by atoms with Gasteiger partial charge in [0.15, 0.2) is 6.10 Å². The molecule has 2 rings (SSSR count). The molecule has 0 saturated carbocycles. The largest absolute Gasteiger partial charge is 0.449 e. The summed E-state index contributed by atoms with van der Waals surface area (Å²) in [4.78, 5) is 24.1. The van der Waals surface area contributed by atoms with E-state index >= 15 is 0 Å². The maximum atomic E-state index is 13.2. The number of hydrogen-bond donors (Lipinski definition) is 2. The number of anilines is 1.